The van der Waals surface area contributed by atoms with Gasteiger partial charge in [0.2, 0.25) is 0 Å². The summed E-state index contributed by atoms with van der Waals surface area (Å²) in [6, 6.07) is 0. The van der Waals surface area contributed by atoms with Gasteiger partial charge in [-0.1, -0.05) is 0 Å². The van der Waals surface area contributed by atoms with Crippen LogP contribution in [-0.4, -0.2) is 43.6 Å². The highest BCUT2D eigenvalue weighted by Gasteiger charge is 2.24. The molecule has 0 aromatic carbocycles. The Hall–Kier alpha value is -1.84. The average Bonchev–Trinajstić information content (AvgIpc) is 3.20. The Labute approximate surface area is 124 Å². The van der Waals surface area contributed by atoms with Crippen LogP contribution >= 0.6 is 8.25 Å². The summed E-state index contributed by atoms with van der Waals surface area (Å²) in [5, 5.41) is 11.8. The lowest BCUT2D eigenvalue weighted by Crippen LogP contribution is -2.01. The number of alkyl halides is 2. The second-order valence-electron chi connectivity index (χ2n) is 4.14. The normalized spacial score (nSPS) is 14.7. The Morgan fingerprint density at radius 3 is 1.82 bits per heavy atom. The van der Waals surface area contributed by atoms with Crippen molar-refractivity contribution in [3.63, 3.8) is 0 Å². The van der Waals surface area contributed by atoms with E-state index >= 15 is 0 Å². The lowest BCUT2D eigenvalue weighted by Gasteiger charge is -2.01. The Balaban J connectivity index is 1.56. The van der Waals surface area contributed by atoms with Gasteiger partial charge >= 0.3 is 8.25 Å². The second kappa shape index (κ2) is 8.57. The van der Waals surface area contributed by atoms with Crippen molar-refractivity contribution >= 4 is 8.25 Å². The fourth-order valence-corrected chi connectivity index (χ4v) is 2.09. The molecule has 0 aliphatic heterocycles. The fourth-order valence-electron chi connectivity index (χ4n) is 1.50. The molecule has 2 N–H and O–H groups in total. The van der Waals surface area contributed by atoms with Crippen LogP contribution in [0.5, 0.6) is 0 Å². The minimum absolute atomic E-state index is 0.0522. The van der Waals surface area contributed by atoms with E-state index in [-0.39, 0.29) is 37.7 Å². The second-order valence-corrected chi connectivity index (χ2v) is 5.11. The lowest BCUT2D eigenvalue weighted by molar-refractivity contribution is 0.179. The molecule has 0 radical (unpaired) electrons. The van der Waals surface area contributed by atoms with Crippen molar-refractivity contribution in [1.82, 2.24) is 30.4 Å². The van der Waals surface area contributed by atoms with E-state index in [2.05, 4.69) is 30.4 Å². The standard InChI is InChI=1S/C10H14F2N6O3P/c11-7(9-13-5-15-17-9)1-3-20-22(19)21-4-2-8(12)10-14-6-16-18-10/h5-8H,1-4H2,(H,13,15,17)(H,14,16,18)/q+1. The molecule has 2 heterocycles. The molecule has 0 saturated carbocycles. The van der Waals surface area contributed by atoms with Gasteiger partial charge in [-0.2, -0.15) is 10.2 Å². The summed E-state index contributed by atoms with van der Waals surface area (Å²) in [6.45, 7) is -0.254. The summed E-state index contributed by atoms with van der Waals surface area (Å²) in [5.41, 5.74) is 0. The Kier molecular flexibility index (Phi) is 6.44. The minimum Gasteiger partial charge on any atom is -0.261 e. The summed E-state index contributed by atoms with van der Waals surface area (Å²) >= 11 is 0. The number of hydrogen-bond acceptors (Lipinski definition) is 7. The third-order valence-corrected chi connectivity index (χ3v) is 3.38. The first-order valence-corrected chi connectivity index (χ1v) is 7.48. The van der Waals surface area contributed by atoms with Crippen LogP contribution < -0.4 is 0 Å². The maximum absolute atomic E-state index is 13.5. The zero-order valence-corrected chi connectivity index (χ0v) is 12.2. The van der Waals surface area contributed by atoms with Crippen LogP contribution in [0.3, 0.4) is 0 Å². The van der Waals surface area contributed by atoms with Crippen LogP contribution in [0.2, 0.25) is 0 Å². The van der Waals surface area contributed by atoms with Gasteiger partial charge in [-0.3, -0.25) is 10.2 Å². The van der Waals surface area contributed by atoms with Crippen LogP contribution in [0.25, 0.3) is 0 Å². The molecule has 2 aromatic rings. The summed E-state index contributed by atoms with van der Waals surface area (Å²) in [6.07, 6.45) is -0.518. The molecule has 2 rings (SSSR count). The first-order valence-electron chi connectivity index (χ1n) is 6.38. The van der Waals surface area contributed by atoms with E-state index in [1.54, 1.807) is 0 Å². The quantitative estimate of drug-likeness (QED) is 0.638. The number of nitrogens with one attached hydrogen (secondary N) is 2. The van der Waals surface area contributed by atoms with Crippen LogP contribution in [0, 0.1) is 0 Å². The Bertz CT molecular complexity index is 507. The first-order chi connectivity index (χ1) is 10.7. The summed E-state index contributed by atoms with van der Waals surface area (Å²) in [4.78, 5) is 7.30. The lowest BCUT2D eigenvalue weighted by atomic mass is 10.3. The predicted octanol–water partition coefficient (Wildman–Crippen LogP) is 2.11. The van der Waals surface area contributed by atoms with Gasteiger partial charge in [-0.05, 0) is 0 Å². The predicted molar refractivity (Wildman–Crippen MR) is 69.2 cm³/mol. The number of hydrogen-bond donors (Lipinski definition) is 2. The molecule has 9 nitrogen and oxygen atoms in total. The number of nitrogens with zero attached hydrogens (tertiary/aromatic N) is 4. The van der Waals surface area contributed by atoms with E-state index in [0.29, 0.717) is 0 Å². The molecule has 120 valence electrons. The van der Waals surface area contributed by atoms with E-state index in [4.69, 9.17) is 9.05 Å². The topological polar surface area (TPSA) is 119 Å². The molecule has 2 atom stereocenters. The van der Waals surface area contributed by atoms with Crippen LogP contribution in [0.15, 0.2) is 12.7 Å². The number of rotatable bonds is 10. The van der Waals surface area contributed by atoms with Crippen molar-refractivity contribution in [1.29, 1.82) is 0 Å². The SMILES string of the molecule is O=[P+](OCCC(F)c1ncn[nH]1)OCCC(F)c1ncn[nH]1. The van der Waals surface area contributed by atoms with E-state index in [0.717, 1.165) is 0 Å². The molecule has 0 spiro atoms. The number of H-pyrrole nitrogens is 2. The Morgan fingerprint density at radius 2 is 1.45 bits per heavy atom. The maximum Gasteiger partial charge on any atom is 0.697 e. The largest absolute Gasteiger partial charge is 0.697 e. The fraction of sp³-hybridized carbons (Fsp3) is 0.600. The van der Waals surface area contributed by atoms with Gasteiger partial charge in [0.25, 0.3) is 0 Å². The molecule has 0 bridgehead atoms. The molecule has 0 amide bonds. The average molecular weight is 335 g/mol. The number of aromatic amines is 2. The monoisotopic (exact) mass is 335 g/mol. The van der Waals surface area contributed by atoms with Gasteiger partial charge in [-0.15, -0.1) is 9.05 Å². The Morgan fingerprint density at radius 1 is 1.00 bits per heavy atom. The van der Waals surface area contributed by atoms with Crippen LogP contribution in [-0.2, 0) is 13.6 Å². The number of halogens is 2. The maximum atomic E-state index is 13.5. The molecular weight excluding hydrogens is 321 g/mol. The first kappa shape index (κ1) is 16.5. The smallest absolute Gasteiger partial charge is 0.261 e. The molecule has 0 aliphatic carbocycles. The molecular formula is C10H14F2N6O3P+. The molecule has 2 aromatic heterocycles. The highest BCUT2D eigenvalue weighted by molar-refractivity contribution is 7.33. The zero-order chi connectivity index (χ0) is 15.8. The molecule has 0 aliphatic rings. The summed E-state index contributed by atoms with van der Waals surface area (Å²) in [5.74, 6) is 0.152. The van der Waals surface area contributed by atoms with Gasteiger partial charge < -0.3 is 0 Å². The van der Waals surface area contributed by atoms with Crippen molar-refractivity contribution in [3.8, 4) is 0 Å². The van der Waals surface area contributed by atoms with Crippen molar-refractivity contribution in [2.75, 3.05) is 13.2 Å². The van der Waals surface area contributed by atoms with Crippen LogP contribution in [0.1, 0.15) is 36.8 Å². The van der Waals surface area contributed by atoms with Crippen LogP contribution in [0.4, 0.5) is 8.78 Å². The summed E-state index contributed by atoms with van der Waals surface area (Å²) < 4.78 is 48.0. The van der Waals surface area contributed by atoms with E-state index in [9.17, 15) is 13.3 Å². The molecule has 0 saturated heterocycles. The van der Waals surface area contributed by atoms with Crippen molar-refractivity contribution < 1.29 is 22.4 Å². The minimum atomic E-state index is -2.43. The molecule has 22 heavy (non-hydrogen) atoms. The van der Waals surface area contributed by atoms with E-state index in [1.165, 1.54) is 12.7 Å². The van der Waals surface area contributed by atoms with Gasteiger partial charge in [0.1, 0.15) is 25.9 Å². The van der Waals surface area contributed by atoms with Gasteiger partial charge in [-0.25, -0.2) is 18.7 Å². The highest BCUT2D eigenvalue weighted by atomic mass is 31.1. The van der Waals surface area contributed by atoms with E-state index < -0.39 is 20.6 Å². The van der Waals surface area contributed by atoms with E-state index in [1.807, 2.05) is 0 Å². The van der Waals surface area contributed by atoms with Gasteiger partial charge in [0, 0.05) is 17.4 Å². The van der Waals surface area contributed by atoms with Gasteiger partial charge in [0.15, 0.2) is 24.0 Å². The van der Waals surface area contributed by atoms with Crippen molar-refractivity contribution in [2.24, 2.45) is 0 Å². The number of aromatic nitrogens is 6. The van der Waals surface area contributed by atoms with Gasteiger partial charge in [0.05, 0.1) is 0 Å². The molecule has 0 fully saturated rings. The summed E-state index contributed by atoms with van der Waals surface area (Å²) in [7, 11) is -2.43. The van der Waals surface area contributed by atoms with Crippen molar-refractivity contribution in [3.05, 3.63) is 24.3 Å². The molecule has 2 unspecified atom stereocenters. The third kappa shape index (κ3) is 5.17. The highest BCUT2D eigenvalue weighted by Crippen LogP contribution is 2.28. The molecule has 12 heteroatoms. The zero-order valence-electron chi connectivity index (χ0n) is 11.4. The third-order valence-electron chi connectivity index (χ3n) is 2.60. The van der Waals surface area contributed by atoms with Crippen molar-refractivity contribution in [2.45, 2.75) is 25.2 Å².